The maximum Gasteiger partial charge on any atom is 0.361 e. The van der Waals surface area contributed by atoms with Gasteiger partial charge in [-0.25, -0.2) is 13.6 Å². The largest absolute Gasteiger partial charge is 0.489 e. The molecule has 0 radical (unpaired) electrons. The molecular formula is C18H15F2N3O3. The summed E-state index contributed by atoms with van der Waals surface area (Å²) in [6.07, 6.45) is 0. The van der Waals surface area contributed by atoms with Crippen LogP contribution in [0.25, 0.3) is 11.3 Å². The summed E-state index contributed by atoms with van der Waals surface area (Å²) in [5.41, 5.74) is 1.04. The van der Waals surface area contributed by atoms with Crippen LogP contribution in [-0.4, -0.2) is 28.0 Å². The molecule has 0 amide bonds. The zero-order valence-electron chi connectivity index (χ0n) is 13.8. The molecule has 0 fully saturated rings. The second kappa shape index (κ2) is 7.73. The molecule has 0 saturated carbocycles. The van der Waals surface area contributed by atoms with Gasteiger partial charge in [0.1, 0.15) is 29.7 Å². The van der Waals surface area contributed by atoms with Crippen LogP contribution in [0.3, 0.4) is 0 Å². The third kappa shape index (κ3) is 3.85. The zero-order chi connectivity index (χ0) is 18.5. The SMILES string of the molecule is CCOC(=O)c1n[nH]nc1-c1cccc(OCc2cc(F)ccc2F)c1. The van der Waals surface area contributed by atoms with Gasteiger partial charge in [-0.05, 0) is 37.3 Å². The first-order valence-corrected chi connectivity index (χ1v) is 7.83. The number of nitrogens with zero attached hydrogens (tertiary/aromatic N) is 2. The molecule has 0 spiro atoms. The topological polar surface area (TPSA) is 77.1 Å². The molecule has 6 nitrogen and oxygen atoms in total. The molecule has 0 bridgehead atoms. The van der Waals surface area contributed by atoms with E-state index < -0.39 is 17.6 Å². The molecule has 0 saturated heterocycles. The molecule has 0 atom stereocenters. The number of carbonyl (C=O) groups excluding carboxylic acids is 1. The minimum atomic E-state index is -0.593. The van der Waals surface area contributed by atoms with Gasteiger partial charge in [0, 0.05) is 11.1 Å². The Balaban J connectivity index is 1.80. The molecule has 0 aliphatic rings. The number of hydrogen-bond acceptors (Lipinski definition) is 5. The highest BCUT2D eigenvalue weighted by molar-refractivity contribution is 5.93. The second-order valence-corrected chi connectivity index (χ2v) is 5.29. The highest BCUT2D eigenvalue weighted by Gasteiger charge is 2.19. The zero-order valence-corrected chi connectivity index (χ0v) is 13.8. The molecular weight excluding hydrogens is 344 g/mol. The maximum absolute atomic E-state index is 13.7. The fourth-order valence-electron chi connectivity index (χ4n) is 2.32. The highest BCUT2D eigenvalue weighted by atomic mass is 19.1. The third-order valence-corrected chi connectivity index (χ3v) is 3.53. The summed E-state index contributed by atoms with van der Waals surface area (Å²) in [5, 5.41) is 10.2. The Morgan fingerprint density at radius 1 is 1.15 bits per heavy atom. The lowest BCUT2D eigenvalue weighted by Crippen LogP contribution is -2.06. The standard InChI is InChI=1S/C18H15F2N3O3/c1-2-25-18(24)17-16(21-23-22-17)11-4-3-5-14(9-11)26-10-12-8-13(19)6-7-15(12)20/h3-9H,2,10H2,1H3,(H,21,22,23). The number of ether oxygens (including phenoxy) is 2. The van der Waals surface area contributed by atoms with Crippen molar-refractivity contribution in [1.82, 2.24) is 15.4 Å². The quantitative estimate of drug-likeness (QED) is 0.682. The van der Waals surface area contributed by atoms with Crippen LogP contribution in [0.2, 0.25) is 0 Å². The van der Waals surface area contributed by atoms with E-state index in [1.165, 1.54) is 0 Å². The van der Waals surface area contributed by atoms with Gasteiger partial charge in [-0.2, -0.15) is 10.3 Å². The Morgan fingerprint density at radius 3 is 2.81 bits per heavy atom. The van der Waals surface area contributed by atoms with Crippen molar-refractivity contribution in [1.29, 1.82) is 0 Å². The number of aromatic amines is 1. The Bertz CT molecular complexity index is 928. The lowest BCUT2D eigenvalue weighted by Gasteiger charge is -2.09. The number of hydrogen-bond donors (Lipinski definition) is 1. The van der Waals surface area contributed by atoms with Crippen molar-refractivity contribution in [2.45, 2.75) is 13.5 Å². The van der Waals surface area contributed by atoms with Gasteiger partial charge in [0.15, 0.2) is 5.69 Å². The van der Waals surface area contributed by atoms with Gasteiger partial charge < -0.3 is 9.47 Å². The van der Waals surface area contributed by atoms with Crippen molar-refractivity contribution >= 4 is 5.97 Å². The third-order valence-electron chi connectivity index (χ3n) is 3.53. The Labute approximate surface area is 147 Å². The van der Waals surface area contributed by atoms with Gasteiger partial charge in [-0.1, -0.05) is 12.1 Å². The fourth-order valence-corrected chi connectivity index (χ4v) is 2.32. The molecule has 134 valence electrons. The van der Waals surface area contributed by atoms with E-state index in [-0.39, 0.29) is 24.5 Å². The fraction of sp³-hybridized carbons (Fsp3) is 0.167. The van der Waals surface area contributed by atoms with Crippen LogP contribution in [0.5, 0.6) is 5.75 Å². The lowest BCUT2D eigenvalue weighted by atomic mass is 10.1. The second-order valence-electron chi connectivity index (χ2n) is 5.29. The molecule has 8 heteroatoms. The lowest BCUT2D eigenvalue weighted by molar-refractivity contribution is 0.0520. The average Bonchev–Trinajstić information content (AvgIpc) is 3.13. The average molecular weight is 359 g/mol. The number of H-pyrrole nitrogens is 1. The minimum Gasteiger partial charge on any atom is -0.489 e. The van der Waals surface area contributed by atoms with Crippen molar-refractivity contribution in [2.24, 2.45) is 0 Å². The summed E-state index contributed by atoms with van der Waals surface area (Å²) in [6.45, 7) is 1.77. The van der Waals surface area contributed by atoms with E-state index in [2.05, 4.69) is 15.4 Å². The van der Waals surface area contributed by atoms with E-state index in [1.54, 1.807) is 31.2 Å². The Kier molecular flexibility index (Phi) is 5.21. The van der Waals surface area contributed by atoms with Crippen LogP contribution in [0.4, 0.5) is 8.78 Å². The van der Waals surface area contributed by atoms with E-state index >= 15 is 0 Å². The van der Waals surface area contributed by atoms with Crippen LogP contribution < -0.4 is 4.74 Å². The first-order valence-electron chi connectivity index (χ1n) is 7.83. The molecule has 1 aromatic heterocycles. The molecule has 3 aromatic rings. The number of rotatable bonds is 6. The van der Waals surface area contributed by atoms with E-state index in [1.807, 2.05) is 0 Å². The van der Waals surface area contributed by atoms with Gasteiger partial charge in [0.2, 0.25) is 0 Å². The van der Waals surface area contributed by atoms with Crippen LogP contribution in [0.1, 0.15) is 23.0 Å². The van der Waals surface area contributed by atoms with Gasteiger partial charge in [0.25, 0.3) is 0 Å². The molecule has 0 aliphatic carbocycles. The number of esters is 1. The summed E-state index contributed by atoms with van der Waals surface area (Å²) in [6, 6.07) is 9.86. The smallest absolute Gasteiger partial charge is 0.361 e. The first-order chi connectivity index (χ1) is 12.6. The highest BCUT2D eigenvalue weighted by Crippen LogP contribution is 2.25. The van der Waals surface area contributed by atoms with Crippen LogP contribution in [0.15, 0.2) is 42.5 Å². The van der Waals surface area contributed by atoms with Crippen molar-refractivity contribution in [3.05, 3.63) is 65.4 Å². The molecule has 2 aromatic carbocycles. The van der Waals surface area contributed by atoms with E-state index in [0.717, 1.165) is 18.2 Å². The van der Waals surface area contributed by atoms with Gasteiger partial charge in [-0.3, -0.25) is 0 Å². The summed E-state index contributed by atoms with van der Waals surface area (Å²) < 4.78 is 37.4. The van der Waals surface area contributed by atoms with Crippen molar-refractivity contribution in [3.8, 4) is 17.0 Å². The van der Waals surface area contributed by atoms with Gasteiger partial charge in [-0.15, -0.1) is 5.10 Å². The molecule has 0 unspecified atom stereocenters. The monoisotopic (exact) mass is 359 g/mol. The number of halogens is 2. The van der Waals surface area contributed by atoms with Crippen LogP contribution in [-0.2, 0) is 11.3 Å². The predicted molar refractivity (Wildman–Crippen MR) is 88.5 cm³/mol. The normalized spacial score (nSPS) is 10.6. The maximum atomic E-state index is 13.7. The van der Waals surface area contributed by atoms with Gasteiger partial charge >= 0.3 is 5.97 Å². The molecule has 26 heavy (non-hydrogen) atoms. The molecule has 0 aliphatic heterocycles. The number of aromatic nitrogens is 3. The van der Waals surface area contributed by atoms with Gasteiger partial charge in [0.05, 0.1) is 6.61 Å². The van der Waals surface area contributed by atoms with E-state index in [0.29, 0.717) is 17.0 Å². The van der Waals surface area contributed by atoms with Crippen molar-refractivity contribution in [2.75, 3.05) is 6.61 Å². The summed E-state index contributed by atoms with van der Waals surface area (Å²) >= 11 is 0. The number of carbonyl (C=O) groups is 1. The van der Waals surface area contributed by atoms with E-state index in [4.69, 9.17) is 9.47 Å². The van der Waals surface area contributed by atoms with Crippen LogP contribution >= 0.6 is 0 Å². The minimum absolute atomic E-state index is 0.0557. The Hall–Kier alpha value is -3.29. The van der Waals surface area contributed by atoms with E-state index in [9.17, 15) is 13.6 Å². The summed E-state index contributed by atoms with van der Waals surface area (Å²) in [5.74, 6) is -1.28. The Morgan fingerprint density at radius 2 is 2.00 bits per heavy atom. The summed E-state index contributed by atoms with van der Waals surface area (Å²) in [7, 11) is 0. The van der Waals surface area contributed by atoms with Crippen LogP contribution in [0, 0.1) is 11.6 Å². The number of nitrogens with one attached hydrogen (secondary N) is 1. The number of benzene rings is 2. The first kappa shape index (κ1) is 17.5. The summed E-state index contributed by atoms with van der Waals surface area (Å²) in [4.78, 5) is 11.9. The molecule has 1 N–H and O–H groups in total. The molecule has 3 rings (SSSR count). The van der Waals surface area contributed by atoms with Crippen molar-refractivity contribution in [3.63, 3.8) is 0 Å². The molecule has 1 heterocycles. The predicted octanol–water partition coefficient (Wildman–Crippen LogP) is 3.51. The van der Waals surface area contributed by atoms with Crippen molar-refractivity contribution < 1.29 is 23.0 Å².